The molecule has 66 valence electrons. The van der Waals surface area contributed by atoms with Crippen molar-refractivity contribution in [1.82, 2.24) is 0 Å². The average molecular weight is 178 g/mol. The van der Waals surface area contributed by atoms with Gasteiger partial charge in [-0.3, -0.25) is 0 Å². The van der Waals surface area contributed by atoms with E-state index in [2.05, 4.69) is 27.7 Å². The van der Waals surface area contributed by atoms with Gasteiger partial charge < -0.3 is 5.11 Å². The molecule has 0 N–H and O–H groups in total. The van der Waals surface area contributed by atoms with E-state index in [0.29, 0.717) is 0 Å². The fraction of sp³-hybridized carbons (Fsp3) is 1.00. The Kier molecular flexibility index (Phi) is 4.32. The minimum Gasteiger partial charge on any atom is -0.852 e. The van der Waals surface area contributed by atoms with E-state index in [-0.39, 0.29) is 46.5 Å². The van der Waals surface area contributed by atoms with Crippen molar-refractivity contribution in [3.8, 4) is 0 Å². The normalized spacial score (nSPS) is 27.8. The Morgan fingerprint density at radius 3 is 1.58 bits per heavy atom. The summed E-state index contributed by atoms with van der Waals surface area (Å²) in [4.78, 5) is 0. The summed E-state index contributed by atoms with van der Waals surface area (Å²) in [6, 6.07) is 0. The Balaban J connectivity index is 0.00000121. The van der Waals surface area contributed by atoms with Gasteiger partial charge in [0.15, 0.2) is 0 Å². The van der Waals surface area contributed by atoms with E-state index in [1.807, 2.05) is 0 Å². The fourth-order valence-corrected chi connectivity index (χ4v) is 2.74. The van der Waals surface area contributed by atoms with Crippen LogP contribution in [0.15, 0.2) is 0 Å². The zero-order valence-corrected chi connectivity index (χ0v) is 11.1. The van der Waals surface area contributed by atoms with Crippen LogP contribution in [0.5, 0.6) is 0 Å². The van der Waals surface area contributed by atoms with Crippen LogP contribution >= 0.6 is 0 Å². The van der Waals surface area contributed by atoms with E-state index in [4.69, 9.17) is 0 Å². The van der Waals surface area contributed by atoms with Gasteiger partial charge in [0, 0.05) is 0 Å². The fourth-order valence-electron chi connectivity index (χ4n) is 2.74. The standard InChI is InChI=1S/C10H19O.Na/c1-9(2)5-8(11)6-10(3,4)7-9;/h8H,5-7H2,1-4H3;/q-1;+1. The molecule has 1 saturated carbocycles. The topological polar surface area (TPSA) is 23.1 Å². The zero-order valence-electron chi connectivity index (χ0n) is 9.11. The summed E-state index contributed by atoms with van der Waals surface area (Å²) in [7, 11) is 0. The van der Waals surface area contributed by atoms with Gasteiger partial charge in [-0.1, -0.05) is 40.5 Å². The van der Waals surface area contributed by atoms with Gasteiger partial charge in [-0.05, 0) is 17.3 Å². The average Bonchev–Trinajstić information content (AvgIpc) is 1.49. The van der Waals surface area contributed by atoms with Gasteiger partial charge in [-0.15, -0.1) is 6.10 Å². The predicted molar refractivity (Wildman–Crippen MR) is 45.2 cm³/mol. The van der Waals surface area contributed by atoms with Gasteiger partial charge in [-0.2, -0.15) is 0 Å². The minimum atomic E-state index is -0.325. The third-order valence-corrected chi connectivity index (χ3v) is 2.52. The first-order chi connectivity index (χ1) is 4.81. The second kappa shape index (κ2) is 4.00. The Hall–Kier alpha value is 0.960. The summed E-state index contributed by atoms with van der Waals surface area (Å²) in [5.41, 5.74) is 0.544. The molecule has 1 fully saturated rings. The Morgan fingerprint density at radius 2 is 1.33 bits per heavy atom. The molecule has 0 amide bonds. The molecule has 2 heteroatoms. The van der Waals surface area contributed by atoms with Crippen LogP contribution in [0.3, 0.4) is 0 Å². The molecule has 0 aromatic heterocycles. The van der Waals surface area contributed by atoms with Crippen molar-refractivity contribution >= 4 is 0 Å². The first-order valence-corrected chi connectivity index (χ1v) is 4.47. The van der Waals surface area contributed by atoms with Gasteiger partial charge in [0.25, 0.3) is 0 Å². The molecule has 0 radical (unpaired) electrons. The van der Waals surface area contributed by atoms with Crippen LogP contribution in [-0.4, -0.2) is 6.10 Å². The van der Waals surface area contributed by atoms with E-state index in [9.17, 15) is 5.11 Å². The number of rotatable bonds is 0. The molecular weight excluding hydrogens is 159 g/mol. The van der Waals surface area contributed by atoms with E-state index < -0.39 is 0 Å². The molecule has 0 bridgehead atoms. The molecule has 1 rings (SSSR count). The molecule has 0 spiro atoms. The van der Waals surface area contributed by atoms with E-state index >= 15 is 0 Å². The minimum absolute atomic E-state index is 0. The van der Waals surface area contributed by atoms with E-state index in [1.54, 1.807) is 0 Å². The number of hydrogen-bond donors (Lipinski definition) is 0. The second-order valence-corrected chi connectivity index (χ2v) is 5.54. The smallest absolute Gasteiger partial charge is 0.852 e. The van der Waals surface area contributed by atoms with Crippen molar-refractivity contribution in [2.45, 2.75) is 53.1 Å². The van der Waals surface area contributed by atoms with Gasteiger partial charge in [0.05, 0.1) is 0 Å². The summed E-state index contributed by atoms with van der Waals surface area (Å²) in [5.74, 6) is 0. The maximum Gasteiger partial charge on any atom is 1.00 e. The van der Waals surface area contributed by atoms with E-state index in [0.717, 1.165) is 12.8 Å². The first kappa shape index (κ1) is 13.0. The SMILES string of the molecule is CC1(C)CC([O-])CC(C)(C)C1.[Na+]. The third-order valence-electron chi connectivity index (χ3n) is 2.52. The summed E-state index contributed by atoms with van der Waals surface area (Å²) < 4.78 is 0. The molecule has 0 unspecified atom stereocenters. The summed E-state index contributed by atoms with van der Waals surface area (Å²) in [6.45, 7) is 8.83. The monoisotopic (exact) mass is 178 g/mol. The summed E-state index contributed by atoms with van der Waals surface area (Å²) in [6.07, 6.45) is 2.58. The van der Waals surface area contributed by atoms with Gasteiger partial charge in [0.2, 0.25) is 0 Å². The van der Waals surface area contributed by atoms with Crippen LogP contribution in [0.25, 0.3) is 0 Å². The van der Waals surface area contributed by atoms with E-state index in [1.165, 1.54) is 6.42 Å². The van der Waals surface area contributed by atoms with Crippen molar-refractivity contribution in [1.29, 1.82) is 0 Å². The molecule has 0 saturated heterocycles. The molecule has 0 atom stereocenters. The quantitative estimate of drug-likeness (QED) is 0.434. The first-order valence-electron chi connectivity index (χ1n) is 4.47. The molecule has 1 aliphatic rings. The van der Waals surface area contributed by atoms with Crippen LogP contribution in [0, 0.1) is 10.8 Å². The van der Waals surface area contributed by atoms with Gasteiger partial charge >= 0.3 is 29.6 Å². The molecule has 12 heavy (non-hydrogen) atoms. The molecule has 1 aliphatic carbocycles. The van der Waals surface area contributed by atoms with Crippen molar-refractivity contribution in [2.75, 3.05) is 0 Å². The molecular formula is C10H19NaO. The number of hydrogen-bond acceptors (Lipinski definition) is 1. The molecule has 0 heterocycles. The third kappa shape index (κ3) is 3.78. The van der Waals surface area contributed by atoms with Gasteiger partial charge in [-0.25, -0.2) is 0 Å². The maximum absolute atomic E-state index is 11.4. The van der Waals surface area contributed by atoms with Crippen LogP contribution in [-0.2, 0) is 0 Å². The molecule has 0 aromatic rings. The van der Waals surface area contributed by atoms with Crippen LogP contribution in [0.2, 0.25) is 0 Å². The molecule has 0 aliphatic heterocycles. The van der Waals surface area contributed by atoms with Crippen molar-refractivity contribution < 1.29 is 34.7 Å². The summed E-state index contributed by atoms with van der Waals surface area (Å²) in [5, 5.41) is 11.4. The maximum atomic E-state index is 11.4. The van der Waals surface area contributed by atoms with Crippen molar-refractivity contribution in [3.63, 3.8) is 0 Å². The van der Waals surface area contributed by atoms with Crippen LogP contribution < -0.4 is 34.7 Å². The zero-order chi connectivity index (χ0) is 8.70. The van der Waals surface area contributed by atoms with Crippen LogP contribution in [0.1, 0.15) is 47.0 Å². The van der Waals surface area contributed by atoms with Crippen molar-refractivity contribution in [3.05, 3.63) is 0 Å². The van der Waals surface area contributed by atoms with Gasteiger partial charge in [0.1, 0.15) is 0 Å². The Bertz CT molecular complexity index is 136. The Labute approximate surface area is 98.2 Å². The van der Waals surface area contributed by atoms with Crippen LogP contribution in [0.4, 0.5) is 0 Å². The Morgan fingerprint density at radius 1 is 1.00 bits per heavy atom. The predicted octanol–water partition coefficient (Wildman–Crippen LogP) is -1.04. The second-order valence-electron chi connectivity index (χ2n) is 5.54. The molecule has 0 aromatic carbocycles. The van der Waals surface area contributed by atoms with Crippen molar-refractivity contribution in [2.24, 2.45) is 10.8 Å². The largest absolute Gasteiger partial charge is 1.00 e. The molecule has 1 nitrogen and oxygen atoms in total. The summed E-state index contributed by atoms with van der Waals surface area (Å²) >= 11 is 0.